The quantitative estimate of drug-likeness (QED) is 0.722. The molecule has 3 rings (SSSR count). The van der Waals surface area contributed by atoms with E-state index in [4.69, 9.17) is 4.74 Å². The van der Waals surface area contributed by atoms with Crippen LogP contribution in [0.15, 0.2) is 52.3 Å². The summed E-state index contributed by atoms with van der Waals surface area (Å²) < 4.78 is 31.2. The SMILES string of the molecule is COc1ccc(NC(=O)C[C@H]2Sc3ccccc3NC2=O)cc1S(=O)(=O)N(C)C. The van der Waals surface area contributed by atoms with Gasteiger partial charge in [-0.05, 0) is 30.3 Å². The highest BCUT2D eigenvalue weighted by Crippen LogP contribution is 2.37. The Hall–Kier alpha value is -2.56. The van der Waals surface area contributed by atoms with Crippen molar-refractivity contribution in [2.75, 3.05) is 31.8 Å². The van der Waals surface area contributed by atoms with Gasteiger partial charge in [-0.2, -0.15) is 0 Å². The number of amides is 2. The van der Waals surface area contributed by atoms with Crippen molar-refractivity contribution in [2.24, 2.45) is 0 Å². The molecule has 2 amide bonds. The van der Waals surface area contributed by atoms with E-state index in [-0.39, 0.29) is 23.0 Å². The molecule has 154 valence electrons. The van der Waals surface area contributed by atoms with Crippen molar-refractivity contribution in [3.05, 3.63) is 42.5 Å². The number of thioether (sulfide) groups is 1. The van der Waals surface area contributed by atoms with Crippen LogP contribution in [0.2, 0.25) is 0 Å². The van der Waals surface area contributed by atoms with Gasteiger partial charge in [-0.25, -0.2) is 12.7 Å². The molecular formula is C19H21N3O5S2. The average Bonchev–Trinajstić information content (AvgIpc) is 2.68. The van der Waals surface area contributed by atoms with Gasteiger partial charge in [0.25, 0.3) is 0 Å². The number of methoxy groups -OCH3 is 1. The summed E-state index contributed by atoms with van der Waals surface area (Å²) in [6.07, 6.45) is -0.0490. The number of carbonyl (C=O) groups is 2. The molecule has 0 aromatic heterocycles. The van der Waals surface area contributed by atoms with Crippen molar-refractivity contribution in [1.29, 1.82) is 0 Å². The maximum atomic E-state index is 12.5. The van der Waals surface area contributed by atoms with Crippen molar-refractivity contribution < 1.29 is 22.7 Å². The summed E-state index contributed by atoms with van der Waals surface area (Å²) in [5.41, 5.74) is 1.03. The van der Waals surface area contributed by atoms with Crippen molar-refractivity contribution >= 4 is 45.0 Å². The van der Waals surface area contributed by atoms with Crippen LogP contribution < -0.4 is 15.4 Å². The predicted molar refractivity (Wildman–Crippen MR) is 112 cm³/mol. The number of hydrogen-bond donors (Lipinski definition) is 2. The molecule has 29 heavy (non-hydrogen) atoms. The molecule has 1 aliphatic rings. The standard InChI is InChI=1S/C19H21N3O5S2/c1-22(2)29(25,26)17-10-12(8-9-14(17)27-3)20-18(23)11-16-19(24)21-13-6-4-5-7-15(13)28-16/h4-10,16H,11H2,1-3H3,(H,20,23)(H,21,24)/t16-/m1/s1. The van der Waals surface area contributed by atoms with Crippen molar-refractivity contribution in [2.45, 2.75) is 21.5 Å². The molecule has 0 saturated heterocycles. The van der Waals surface area contributed by atoms with Crippen molar-refractivity contribution in [3.63, 3.8) is 0 Å². The zero-order valence-electron chi connectivity index (χ0n) is 16.1. The van der Waals surface area contributed by atoms with Gasteiger partial charge in [-0.15, -0.1) is 11.8 Å². The van der Waals surface area contributed by atoms with Crippen LogP contribution in [0.1, 0.15) is 6.42 Å². The van der Waals surface area contributed by atoms with E-state index >= 15 is 0 Å². The lowest BCUT2D eigenvalue weighted by Gasteiger charge is -2.23. The smallest absolute Gasteiger partial charge is 0.246 e. The van der Waals surface area contributed by atoms with E-state index in [9.17, 15) is 18.0 Å². The molecule has 0 fully saturated rings. The second-order valence-corrected chi connectivity index (χ2v) is 9.86. The monoisotopic (exact) mass is 435 g/mol. The summed E-state index contributed by atoms with van der Waals surface area (Å²) in [6, 6.07) is 11.8. The van der Waals surface area contributed by atoms with E-state index in [1.165, 1.54) is 45.1 Å². The van der Waals surface area contributed by atoms with E-state index in [0.29, 0.717) is 5.69 Å². The first-order valence-corrected chi connectivity index (χ1v) is 11.0. The van der Waals surface area contributed by atoms with E-state index < -0.39 is 21.2 Å². The van der Waals surface area contributed by atoms with Gasteiger partial charge in [-0.1, -0.05) is 12.1 Å². The minimum atomic E-state index is -3.76. The van der Waals surface area contributed by atoms with E-state index in [1.807, 2.05) is 18.2 Å². The topological polar surface area (TPSA) is 105 Å². The summed E-state index contributed by atoms with van der Waals surface area (Å²) in [6.45, 7) is 0. The van der Waals surface area contributed by atoms with Crippen LogP contribution in [-0.2, 0) is 19.6 Å². The number of carbonyl (C=O) groups excluding carboxylic acids is 2. The molecule has 0 aliphatic carbocycles. The van der Waals surface area contributed by atoms with E-state index in [0.717, 1.165) is 14.9 Å². The molecule has 1 heterocycles. The third kappa shape index (κ3) is 4.55. The number of benzene rings is 2. The molecule has 10 heteroatoms. The fourth-order valence-corrected chi connectivity index (χ4v) is 4.95. The summed E-state index contributed by atoms with van der Waals surface area (Å²) in [5.74, 6) is -0.458. The molecule has 0 radical (unpaired) electrons. The Balaban J connectivity index is 1.75. The number of nitrogens with one attached hydrogen (secondary N) is 2. The second-order valence-electron chi connectivity index (χ2n) is 6.50. The molecular weight excluding hydrogens is 414 g/mol. The number of fused-ring (bicyclic) bond motifs is 1. The first kappa shape index (κ1) is 21.2. The minimum Gasteiger partial charge on any atom is -0.495 e. The lowest BCUT2D eigenvalue weighted by molar-refractivity contribution is -0.120. The number of para-hydroxylation sites is 1. The molecule has 0 saturated carbocycles. The Morgan fingerprint density at radius 1 is 1.24 bits per heavy atom. The third-order valence-electron chi connectivity index (χ3n) is 4.28. The molecule has 2 aromatic carbocycles. The Morgan fingerprint density at radius 2 is 1.97 bits per heavy atom. The lowest BCUT2D eigenvalue weighted by Crippen LogP contribution is -2.32. The molecule has 1 atom stereocenters. The van der Waals surface area contributed by atoms with E-state index in [2.05, 4.69) is 10.6 Å². The fraction of sp³-hybridized carbons (Fsp3) is 0.263. The van der Waals surface area contributed by atoms with Crippen LogP contribution in [0.5, 0.6) is 5.75 Å². The highest BCUT2D eigenvalue weighted by atomic mass is 32.2. The molecule has 1 aliphatic heterocycles. The normalized spacial score (nSPS) is 16.1. The Morgan fingerprint density at radius 3 is 2.66 bits per heavy atom. The number of hydrogen-bond acceptors (Lipinski definition) is 6. The molecule has 2 N–H and O–H groups in total. The fourth-order valence-electron chi connectivity index (χ4n) is 2.76. The van der Waals surface area contributed by atoms with Crippen LogP contribution in [0.3, 0.4) is 0 Å². The molecule has 8 nitrogen and oxygen atoms in total. The van der Waals surface area contributed by atoms with Crippen LogP contribution in [0.25, 0.3) is 0 Å². The van der Waals surface area contributed by atoms with Gasteiger partial charge in [0.15, 0.2) is 0 Å². The summed E-state index contributed by atoms with van der Waals surface area (Å²) in [5, 5.41) is 4.88. The van der Waals surface area contributed by atoms with Crippen LogP contribution in [0.4, 0.5) is 11.4 Å². The largest absolute Gasteiger partial charge is 0.495 e. The van der Waals surface area contributed by atoms with Gasteiger partial charge >= 0.3 is 0 Å². The van der Waals surface area contributed by atoms with Gasteiger partial charge in [0.05, 0.1) is 18.0 Å². The van der Waals surface area contributed by atoms with Gasteiger partial charge < -0.3 is 15.4 Å². The molecule has 2 aromatic rings. The number of sulfonamides is 1. The van der Waals surface area contributed by atoms with Crippen molar-refractivity contribution in [3.8, 4) is 5.75 Å². The van der Waals surface area contributed by atoms with Crippen LogP contribution in [-0.4, -0.2) is 51.0 Å². The molecule has 0 spiro atoms. The third-order valence-corrected chi connectivity index (χ3v) is 7.39. The predicted octanol–water partition coefficient (Wildman–Crippen LogP) is 2.39. The summed E-state index contributed by atoms with van der Waals surface area (Å²) in [7, 11) is 0.442. The number of nitrogens with zero attached hydrogens (tertiary/aromatic N) is 1. The average molecular weight is 436 g/mol. The van der Waals surface area contributed by atoms with Crippen LogP contribution in [0, 0.1) is 0 Å². The van der Waals surface area contributed by atoms with Crippen molar-refractivity contribution in [1.82, 2.24) is 4.31 Å². The maximum absolute atomic E-state index is 12.5. The van der Waals surface area contributed by atoms with E-state index in [1.54, 1.807) is 12.1 Å². The zero-order chi connectivity index (χ0) is 21.2. The molecule has 0 bridgehead atoms. The molecule has 0 unspecified atom stereocenters. The van der Waals surface area contributed by atoms with Crippen LogP contribution >= 0.6 is 11.8 Å². The number of ether oxygens (including phenoxy) is 1. The van der Waals surface area contributed by atoms with Gasteiger partial charge in [-0.3, -0.25) is 9.59 Å². The highest BCUT2D eigenvalue weighted by molar-refractivity contribution is 8.01. The van der Waals surface area contributed by atoms with Gasteiger partial charge in [0.2, 0.25) is 21.8 Å². The Bertz CT molecular complexity index is 1050. The Labute approximate surface area is 173 Å². The maximum Gasteiger partial charge on any atom is 0.246 e. The Kier molecular flexibility index (Phi) is 6.15. The summed E-state index contributed by atoms with van der Waals surface area (Å²) >= 11 is 1.33. The van der Waals surface area contributed by atoms with Gasteiger partial charge in [0, 0.05) is 31.1 Å². The minimum absolute atomic E-state index is 0.0490. The number of rotatable bonds is 6. The lowest BCUT2D eigenvalue weighted by atomic mass is 10.2. The zero-order valence-corrected chi connectivity index (χ0v) is 17.8. The first-order valence-electron chi connectivity index (χ1n) is 8.69. The highest BCUT2D eigenvalue weighted by Gasteiger charge is 2.29. The summed E-state index contributed by atoms with van der Waals surface area (Å²) in [4.78, 5) is 25.6. The van der Waals surface area contributed by atoms with Gasteiger partial charge in [0.1, 0.15) is 10.6 Å². The first-order chi connectivity index (χ1) is 13.7. The second kappa shape index (κ2) is 8.44. The number of anilines is 2.